The van der Waals surface area contributed by atoms with Crippen molar-refractivity contribution in [2.45, 2.75) is 31.3 Å². The lowest BCUT2D eigenvalue weighted by Crippen LogP contribution is -2.14. The van der Waals surface area contributed by atoms with Gasteiger partial charge in [0.25, 0.3) is 0 Å². The molecule has 0 radical (unpaired) electrons. The SMILES string of the molecule is C[C@@H]1CCc2sc3nc(SCC(N)=O)n4ncnc4c3c2C1. The van der Waals surface area contributed by atoms with Crippen LogP contribution in [0.15, 0.2) is 11.5 Å². The monoisotopic (exact) mass is 333 g/mol. The molecule has 114 valence electrons. The van der Waals surface area contributed by atoms with Crippen molar-refractivity contribution in [3.8, 4) is 0 Å². The van der Waals surface area contributed by atoms with Crippen LogP contribution < -0.4 is 5.73 Å². The number of hydrogen-bond donors (Lipinski definition) is 1. The number of nitrogens with two attached hydrogens (primary N) is 1. The average Bonchev–Trinajstić information content (AvgIpc) is 3.07. The number of primary amides is 1. The van der Waals surface area contributed by atoms with Crippen molar-refractivity contribution < 1.29 is 4.79 Å². The average molecular weight is 333 g/mol. The van der Waals surface area contributed by atoms with Crippen LogP contribution >= 0.6 is 23.1 Å². The van der Waals surface area contributed by atoms with Crippen LogP contribution in [-0.4, -0.2) is 31.2 Å². The van der Waals surface area contributed by atoms with E-state index in [0.717, 1.165) is 28.7 Å². The van der Waals surface area contributed by atoms with Crippen LogP contribution in [0.25, 0.3) is 15.9 Å². The zero-order valence-corrected chi connectivity index (χ0v) is 13.7. The molecule has 0 spiro atoms. The predicted octanol–water partition coefficient (Wildman–Crippen LogP) is 2.04. The number of amides is 1. The summed E-state index contributed by atoms with van der Waals surface area (Å²) in [5, 5.41) is 6.07. The summed E-state index contributed by atoms with van der Waals surface area (Å²) in [4.78, 5) is 22.6. The van der Waals surface area contributed by atoms with Crippen LogP contribution in [0.3, 0.4) is 0 Å². The summed E-state index contributed by atoms with van der Waals surface area (Å²) in [6.45, 7) is 2.29. The maximum Gasteiger partial charge on any atom is 0.227 e. The molecule has 0 fully saturated rings. The van der Waals surface area contributed by atoms with E-state index in [9.17, 15) is 4.79 Å². The highest BCUT2D eigenvalue weighted by atomic mass is 32.2. The highest BCUT2D eigenvalue weighted by Gasteiger charge is 2.24. The topological polar surface area (TPSA) is 86.2 Å². The Bertz CT molecular complexity index is 884. The van der Waals surface area contributed by atoms with E-state index >= 15 is 0 Å². The van der Waals surface area contributed by atoms with E-state index in [2.05, 4.69) is 17.0 Å². The molecule has 0 saturated heterocycles. The van der Waals surface area contributed by atoms with E-state index in [4.69, 9.17) is 10.7 Å². The molecule has 1 aliphatic carbocycles. The van der Waals surface area contributed by atoms with Crippen molar-refractivity contribution in [3.63, 3.8) is 0 Å². The molecule has 8 heteroatoms. The maximum absolute atomic E-state index is 11.0. The van der Waals surface area contributed by atoms with Crippen LogP contribution in [0.4, 0.5) is 0 Å². The molecule has 0 unspecified atom stereocenters. The zero-order valence-electron chi connectivity index (χ0n) is 12.1. The first kappa shape index (κ1) is 14.0. The molecule has 2 N–H and O–H groups in total. The summed E-state index contributed by atoms with van der Waals surface area (Å²) in [5.41, 5.74) is 7.46. The van der Waals surface area contributed by atoms with Crippen LogP contribution in [0.1, 0.15) is 23.8 Å². The first-order valence-corrected chi connectivity index (χ1v) is 8.98. The van der Waals surface area contributed by atoms with Gasteiger partial charge in [0.1, 0.15) is 11.2 Å². The minimum atomic E-state index is -0.362. The van der Waals surface area contributed by atoms with Gasteiger partial charge in [0.2, 0.25) is 5.91 Å². The Labute approximate surface area is 135 Å². The van der Waals surface area contributed by atoms with Gasteiger partial charge in [-0.3, -0.25) is 4.79 Å². The van der Waals surface area contributed by atoms with Gasteiger partial charge in [-0.05, 0) is 30.7 Å². The van der Waals surface area contributed by atoms with E-state index in [1.165, 1.54) is 28.6 Å². The number of rotatable bonds is 3. The minimum Gasteiger partial charge on any atom is -0.369 e. The summed E-state index contributed by atoms with van der Waals surface area (Å²) >= 11 is 3.05. The molecule has 3 aromatic heterocycles. The number of hydrogen-bond acceptors (Lipinski definition) is 6. The van der Waals surface area contributed by atoms with Crippen LogP contribution in [0.5, 0.6) is 0 Å². The van der Waals surface area contributed by atoms with Crippen molar-refractivity contribution in [1.82, 2.24) is 19.6 Å². The van der Waals surface area contributed by atoms with Gasteiger partial charge < -0.3 is 5.73 Å². The molecule has 22 heavy (non-hydrogen) atoms. The molecule has 6 nitrogen and oxygen atoms in total. The van der Waals surface area contributed by atoms with Crippen molar-refractivity contribution in [1.29, 1.82) is 0 Å². The molecule has 1 atom stereocenters. The minimum absolute atomic E-state index is 0.190. The fourth-order valence-corrected chi connectivity index (χ4v) is 4.92. The Morgan fingerprint density at radius 1 is 1.59 bits per heavy atom. The number of nitrogens with zero attached hydrogens (tertiary/aromatic N) is 4. The van der Waals surface area contributed by atoms with E-state index in [1.807, 2.05) is 0 Å². The van der Waals surface area contributed by atoms with Gasteiger partial charge in [0, 0.05) is 4.88 Å². The molecule has 4 rings (SSSR count). The maximum atomic E-state index is 11.0. The van der Waals surface area contributed by atoms with Crippen LogP contribution in [0, 0.1) is 5.92 Å². The summed E-state index contributed by atoms with van der Waals surface area (Å²) in [5.74, 6) is 0.520. The quantitative estimate of drug-likeness (QED) is 0.585. The second-order valence-electron chi connectivity index (χ2n) is 5.68. The smallest absolute Gasteiger partial charge is 0.227 e. The highest BCUT2D eigenvalue weighted by molar-refractivity contribution is 7.99. The van der Waals surface area contributed by atoms with E-state index in [-0.39, 0.29) is 11.7 Å². The first-order chi connectivity index (χ1) is 10.6. The number of thioether (sulfide) groups is 1. The van der Waals surface area contributed by atoms with Gasteiger partial charge in [0.05, 0.1) is 11.1 Å². The fraction of sp³-hybridized carbons (Fsp3) is 0.429. The third-order valence-corrected chi connectivity index (χ3v) is 6.12. The molecule has 3 heterocycles. The molecular weight excluding hydrogens is 318 g/mol. The number of fused-ring (bicyclic) bond motifs is 5. The van der Waals surface area contributed by atoms with E-state index in [0.29, 0.717) is 11.1 Å². The Morgan fingerprint density at radius 3 is 3.27 bits per heavy atom. The van der Waals surface area contributed by atoms with Gasteiger partial charge in [-0.1, -0.05) is 18.7 Å². The summed E-state index contributed by atoms with van der Waals surface area (Å²) in [6, 6.07) is 0. The highest BCUT2D eigenvalue weighted by Crippen LogP contribution is 2.39. The second-order valence-corrected chi connectivity index (χ2v) is 7.70. The Hall–Kier alpha value is -1.67. The largest absolute Gasteiger partial charge is 0.369 e. The number of aromatic nitrogens is 4. The van der Waals surface area contributed by atoms with E-state index < -0.39 is 0 Å². The lowest BCUT2D eigenvalue weighted by Gasteiger charge is -2.17. The molecule has 3 aromatic rings. The summed E-state index contributed by atoms with van der Waals surface area (Å²) < 4.78 is 1.72. The molecule has 0 bridgehead atoms. The molecule has 0 aromatic carbocycles. The number of thiophene rings is 1. The molecular formula is C14H15N5OS2. The summed E-state index contributed by atoms with van der Waals surface area (Å²) in [7, 11) is 0. The fourth-order valence-electron chi connectivity index (χ4n) is 2.97. The molecule has 0 aliphatic heterocycles. The van der Waals surface area contributed by atoms with Crippen molar-refractivity contribution in [2.24, 2.45) is 11.7 Å². The Morgan fingerprint density at radius 2 is 2.45 bits per heavy atom. The number of carbonyl (C=O) groups is 1. The normalized spacial score (nSPS) is 18.0. The Balaban J connectivity index is 1.93. The lowest BCUT2D eigenvalue weighted by atomic mass is 9.89. The van der Waals surface area contributed by atoms with Crippen LogP contribution in [0.2, 0.25) is 0 Å². The molecule has 1 aliphatic rings. The van der Waals surface area contributed by atoms with Gasteiger partial charge in [-0.15, -0.1) is 11.3 Å². The first-order valence-electron chi connectivity index (χ1n) is 7.18. The third kappa shape index (κ3) is 2.17. The third-order valence-electron chi connectivity index (χ3n) is 3.98. The van der Waals surface area contributed by atoms with Crippen molar-refractivity contribution >= 4 is 44.9 Å². The second kappa shape index (κ2) is 5.20. The van der Waals surface area contributed by atoms with Gasteiger partial charge >= 0.3 is 0 Å². The van der Waals surface area contributed by atoms with Crippen LogP contribution in [-0.2, 0) is 17.6 Å². The Kier molecular flexibility index (Phi) is 3.30. The lowest BCUT2D eigenvalue weighted by molar-refractivity contribution is -0.115. The standard InChI is InChI=1S/C14H15N5OS2/c1-7-2-3-9-8(4-7)11-12-16-6-17-19(12)14(18-13(11)22-9)21-5-10(15)20/h6-7H,2-5H2,1H3,(H2,15,20)/t7-/m1/s1. The predicted molar refractivity (Wildman–Crippen MR) is 87.3 cm³/mol. The molecule has 0 saturated carbocycles. The summed E-state index contributed by atoms with van der Waals surface area (Å²) in [6.07, 6.45) is 4.96. The van der Waals surface area contributed by atoms with Crippen molar-refractivity contribution in [3.05, 3.63) is 16.8 Å². The number of carbonyl (C=O) groups excluding carboxylic acids is 1. The van der Waals surface area contributed by atoms with Gasteiger partial charge in [-0.25, -0.2) is 9.97 Å². The number of aryl methyl sites for hydroxylation is 1. The van der Waals surface area contributed by atoms with Gasteiger partial charge in [-0.2, -0.15) is 9.61 Å². The van der Waals surface area contributed by atoms with E-state index in [1.54, 1.807) is 22.2 Å². The zero-order chi connectivity index (χ0) is 15.3. The molecule has 1 amide bonds. The van der Waals surface area contributed by atoms with Crippen molar-refractivity contribution in [2.75, 3.05) is 5.75 Å². The van der Waals surface area contributed by atoms with Gasteiger partial charge in [0.15, 0.2) is 10.8 Å².